The number of benzene rings is 1. The molecule has 2 aliphatic heterocycles. The van der Waals surface area contributed by atoms with E-state index in [0.29, 0.717) is 25.1 Å². The minimum absolute atomic E-state index is 0.0222. The molecule has 2 N–H and O–H groups in total. The van der Waals surface area contributed by atoms with Crippen molar-refractivity contribution in [2.75, 3.05) is 39.4 Å². The predicted molar refractivity (Wildman–Crippen MR) is 98.2 cm³/mol. The molecule has 0 bridgehead atoms. The molecule has 0 unspecified atom stereocenters. The molecule has 0 spiro atoms. The molecule has 0 saturated carbocycles. The average molecular weight is 358 g/mol. The number of ether oxygens (including phenoxy) is 1. The van der Waals surface area contributed by atoms with Gasteiger partial charge in [-0.25, -0.2) is 4.98 Å². The number of fused-ring (bicyclic) bond motifs is 1. The molecule has 1 amide bonds. The van der Waals surface area contributed by atoms with Gasteiger partial charge >= 0.3 is 0 Å². The molecule has 2 saturated heterocycles. The number of likely N-dealkylation sites (tertiary alicyclic amines) is 1. The van der Waals surface area contributed by atoms with E-state index in [-0.39, 0.29) is 11.9 Å². The summed E-state index contributed by atoms with van der Waals surface area (Å²) < 4.78 is 5.42. The summed E-state index contributed by atoms with van der Waals surface area (Å²) in [7, 11) is 0. The van der Waals surface area contributed by atoms with Crippen LogP contribution in [-0.4, -0.2) is 82.3 Å². The van der Waals surface area contributed by atoms with E-state index in [4.69, 9.17) is 4.74 Å². The Kier molecular flexibility index (Phi) is 4.93. The van der Waals surface area contributed by atoms with Crippen molar-refractivity contribution in [2.24, 2.45) is 0 Å². The second kappa shape index (κ2) is 7.34. The lowest BCUT2D eigenvalue weighted by atomic mass is 10.0. The van der Waals surface area contributed by atoms with Gasteiger partial charge in [0, 0.05) is 37.8 Å². The molecular formula is C19H26N4O3. The number of morpholine rings is 1. The number of aryl methyl sites for hydroxylation is 1. The largest absolute Gasteiger partial charge is 0.391 e. The van der Waals surface area contributed by atoms with E-state index in [1.165, 1.54) is 0 Å². The Bertz CT molecular complexity index is 784. The first kappa shape index (κ1) is 17.5. The average Bonchev–Trinajstić information content (AvgIpc) is 2.92. The zero-order valence-corrected chi connectivity index (χ0v) is 15.1. The minimum atomic E-state index is -0.399. The topological polar surface area (TPSA) is 81.7 Å². The van der Waals surface area contributed by atoms with E-state index < -0.39 is 6.10 Å². The number of imidazole rings is 1. The maximum Gasteiger partial charge on any atom is 0.253 e. The Morgan fingerprint density at radius 3 is 2.81 bits per heavy atom. The van der Waals surface area contributed by atoms with Crippen molar-refractivity contribution in [3.05, 3.63) is 29.6 Å². The fourth-order valence-electron chi connectivity index (χ4n) is 4.06. The highest BCUT2D eigenvalue weighted by molar-refractivity contribution is 5.97. The van der Waals surface area contributed by atoms with E-state index in [1.807, 2.05) is 30.0 Å². The molecule has 140 valence electrons. The van der Waals surface area contributed by atoms with E-state index in [1.54, 1.807) is 0 Å². The van der Waals surface area contributed by atoms with Gasteiger partial charge in [0.1, 0.15) is 5.82 Å². The fourth-order valence-corrected chi connectivity index (χ4v) is 4.06. The van der Waals surface area contributed by atoms with Crippen LogP contribution >= 0.6 is 0 Å². The number of rotatable bonds is 2. The van der Waals surface area contributed by atoms with E-state index in [0.717, 1.165) is 49.6 Å². The smallest absolute Gasteiger partial charge is 0.253 e. The van der Waals surface area contributed by atoms with Crippen LogP contribution in [0.3, 0.4) is 0 Å². The van der Waals surface area contributed by atoms with Crippen molar-refractivity contribution in [1.29, 1.82) is 0 Å². The SMILES string of the molecule is Cc1nc2ccc(C(=O)N3CC[C@H](O)[C@@H](N4CCOCC4)CC3)cc2[nH]1. The Morgan fingerprint density at radius 2 is 2.00 bits per heavy atom. The molecule has 2 atom stereocenters. The van der Waals surface area contributed by atoms with Gasteiger partial charge in [-0.1, -0.05) is 0 Å². The third-order valence-electron chi connectivity index (χ3n) is 5.48. The number of hydrogen-bond donors (Lipinski definition) is 2. The Morgan fingerprint density at radius 1 is 1.23 bits per heavy atom. The number of aromatic nitrogens is 2. The second-order valence-corrected chi connectivity index (χ2v) is 7.21. The molecule has 4 rings (SSSR count). The van der Waals surface area contributed by atoms with E-state index in [2.05, 4.69) is 14.9 Å². The third kappa shape index (κ3) is 3.47. The van der Waals surface area contributed by atoms with Crippen molar-refractivity contribution >= 4 is 16.9 Å². The first-order valence-electron chi connectivity index (χ1n) is 9.37. The molecule has 26 heavy (non-hydrogen) atoms. The van der Waals surface area contributed by atoms with Crippen LogP contribution in [0.2, 0.25) is 0 Å². The van der Waals surface area contributed by atoms with Gasteiger partial charge in [-0.05, 0) is 38.0 Å². The second-order valence-electron chi connectivity index (χ2n) is 7.21. The monoisotopic (exact) mass is 358 g/mol. The number of carbonyl (C=O) groups is 1. The first-order chi connectivity index (χ1) is 12.6. The number of amides is 1. The molecule has 0 radical (unpaired) electrons. The maximum absolute atomic E-state index is 13.0. The number of nitrogens with one attached hydrogen (secondary N) is 1. The van der Waals surface area contributed by atoms with E-state index >= 15 is 0 Å². The van der Waals surface area contributed by atoms with Crippen molar-refractivity contribution < 1.29 is 14.6 Å². The van der Waals surface area contributed by atoms with Gasteiger partial charge in [0.15, 0.2) is 0 Å². The number of aliphatic hydroxyl groups excluding tert-OH is 1. The summed E-state index contributed by atoms with van der Waals surface area (Å²) in [6.07, 6.45) is 1.00. The van der Waals surface area contributed by atoms with Gasteiger partial charge < -0.3 is 19.7 Å². The Labute approximate surface area is 152 Å². The molecule has 0 aliphatic carbocycles. The van der Waals surface area contributed by atoms with Crippen LogP contribution < -0.4 is 0 Å². The molecule has 7 nitrogen and oxygen atoms in total. The summed E-state index contributed by atoms with van der Waals surface area (Å²) in [5.41, 5.74) is 2.42. The number of hydrogen-bond acceptors (Lipinski definition) is 5. The first-order valence-corrected chi connectivity index (χ1v) is 9.37. The lowest BCUT2D eigenvalue weighted by Gasteiger charge is -2.36. The summed E-state index contributed by atoms with van der Waals surface area (Å²) >= 11 is 0. The van der Waals surface area contributed by atoms with E-state index in [9.17, 15) is 9.90 Å². The predicted octanol–water partition coefficient (Wildman–Crippen LogP) is 1.17. The summed E-state index contributed by atoms with van der Waals surface area (Å²) in [5.74, 6) is 0.866. The standard InChI is InChI=1S/C19H26N4O3/c1-13-20-15-3-2-14(12-16(15)21-13)19(25)23-6-4-17(18(24)5-7-23)22-8-10-26-11-9-22/h2-3,12,17-18,24H,4-11H2,1H3,(H,20,21)/t17-,18-/m0/s1. The van der Waals surface area contributed by atoms with Crippen LogP contribution in [0.25, 0.3) is 11.0 Å². The van der Waals surface area contributed by atoms with Crippen molar-refractivity contribution in [3.8, 4) is 0 Å². The fraction of sp³-hybridized carbons (Fsp3) is 0.579. The molecule has 2 aliphatic rings. The Hall–Kier alpha value is -1.96. The third-order valence-corrected chi connectivity index (χ3v) is 5.48. The van der Waals surface area contributed by atoms with Gasteiger partial charge in [0.05, 0.1) is 30.4 Å². The summed E-state index contributed by atoms with van der Waals surface area (Å²) in [6.45, 7) is 6.30. The van der Waals surface area contributed by atoms with Crippen molar-refractivity contribution in [1.82, 2.24) is 19.8 Å². The van der Waals surface area contributed by atoms with Gasteiger partial charge in [0.25, 0.3) is 5.91 Å². The highest BCUT2D eigenvalue weighted by atomic mass is 16.5. The van der Waals surface area contributed by atoms with Gasteiger partial charge in [-0.15, -0.1) is 0 Å². The van der Waals surface area contributed by atoms with Crippen LogP contribution in [-0.2, 0) is 4.74 Å². The molecule has 1 aromatic heterocycles. The number of H-pyrrole nitrogens is 1. The van der Waals surface area contributed by atoms with Gasteiger partial charge in [-0.3, -0.25) is 9.69 Å². The van der Waals surface area contributed by atoms with Crippen LogP contribution in [0, 0.1) is 6.92 Å². The highest BCUT2D eigenvalue weighted by Gasteiger charge is 2.32. The molecule has 2 fully saturated rings. The lowest BCUT2D eigenvalue weighted by molar-refractivity contribution is -0.0222. The molecule has 3 heterocycles. The Balaban J connectivity index is 1.47. The van der Waals surface area contributed by atoms with Crippen LogP contribution in [0.5, 0.6) is 0 Å². The maximum atomic E-state index is 13.0. The number of aliphatic hydroxyl groups is 1. The number of aromatic amines is 1. The summed E-state index contributed by atoms with van der Waals surface area (Å²) in [6, 6.07) is 5.70. The lowest BCUT2D eigenvalue weighted by Crippen LogP contribution is -2.49. The zero-order chi connectivity index (χ0) is 18.1. The van der Waals surface area contributed by atoms with Crippen LogP contribution in [0.15, 0.2) is 18.2 Å². The normalized spacial score (nSPS) is 25.4. The van der Waals surface area contributed by atoms with Gasteiger partial charge in [0.2, 0.25) is 0 Å². The zero-order valence-electron chi connectivity index (χ0n) is 15.1. The van der Waals surface area contributed by atoms with Crippen LogP contribution in [0.4, 0.5) is 0 Å². The summed E-state index contributed by atoms with van der Waals surface area (Å²) in [5, 5.41) is 10.6. The molecule has 1 aromatic carbocycles. The molecular weight excluding hydrogens is 332 g/mol. The number of nitrogens with zero attached hydrogens (tertiary/aromatic N) is 3. The minimum Gasteiger partial charge on any atom is -0.391 e. The quantitative estimate of drug-likeness (QED) is 0.842. The van der Waals surface area contributed by atoms with Crippen molar-refractivity contribution in [2.45, 2.75) is 31.9 Å². The van der Waals surface area contributed by atoms with Crippen molar-refractivity contribution in [3.63, 3.8) is 0 Å². The number of carbonyl (C=O) groups excluding carboxylic acids is 1. The van der Waals surface area contributed by atoms with Gasteiger partial charge in [-0.2, -0.15) is 0 Å². The van der Waals surface area contributed by atoms with Crippen LogP contribution in [0.1, 0.15) is 29.0 Å². The molecule has 2 aromatic rings. The highest BCUT2D eigenvalue weighted by Crippen LogP contribution is 2.21. The molecule has 7 heteroatoms. The summed E-state index contributed by atoms with van der Waals surface area (Å²) in [4.78, 5) is 24.7.